The monoisotopic (exact) mass is 551 g/mol. The molecule has 0 bridgehead atoms. The van der Waals surface area contributed by atoms with Gasteiger partial charge >= 0.3 is 12.0 Å². The van der Waals surface area contributed by atoms with Crippen LogP contribution in [0.25, 0.3) is 0 Å². The molecule has 2 saturated carbocycles. The third-order valence-electron chi connectivity index (χ3n) is 9.06. The second kappa shape index (κ2) is 13.7. The molecule has 224 valence electrons. The van der Waals surface area contributed by atoms with E-state index < -0.39 is 29.2 Å². The van der Waals surface area contributed by atoms with Gasteiger partial charge in [-0.25, -0.2) is 4.79 Å². The van der Waals surface area contributed by atoms with E-state index in [-0.39, 0.29) is 36.0 Å². The van der Waals surface area contributed by atoms with E-state index in [1.165, 1.54) is 25.7 Å². The van der Waals surface area contributed by atoms with Crippen molar-refractivity contribution in [1.29, 1.82) is 0 Å². The normalized spacial score (nSPS) is 28.0. The summed E-state index contributed by atoms with van der Waals surface area (Å²) in [6.45, 7) is 9.92. The van der Waals surface area contributed by atoms with Gasteiger partial charge in [-0.1, -0.05) is 72.1 Å². The summed E-state index contributed by atoms with van der Waals surface area (Å²) in [4.78, 5) is 38.6. The maximum absolute atomic E-state index is 13.2. The van der Waals surface area contributed by atoms with Gasteiger partial charge < -0.3 is 30.5 Å². The number of unbranched alkanes of at least 4 members (excludes halogenated alkanes) is 4. The molecule has 4 atom stereocenters. The zero-order chi connectivity index (χ0) is 28.7. The highest BCUT2D eigenvalue weighted by molar-refractivity contribution is 5.82. The Morgan fingerprint density at radius 3 is 2.33 bits per heavy atom. The third-order valence-corrected chi connectivity index (χ3v) is 9.06. The summed E-state index contributed by atoms with van der Waals surface area (Å²) in [5.74, 6) is -3.21. The quantitative estimate of drug-likeness (QED) is 0.235. The fraction of sp³-hybridized carbons (Fsp3) is 0.900. The van der Waals surface area contributed by atoms with Gasteiger partial charge in [0, 0.05) is 23.5 Å². The van der Waals surface area contributed by atoms with Gasteiger partial charge in [0.05, 0.1) is 12.5 Å². The molecule has 1 aliphatic heterocycles. The first kappa shape index (κ1) is 31.7. The van der Waals surface area contributed by atoms with Gasteiger partial charge in [-0.2, -0.15) is 0 Å². The van der Waals surface area contributed by atoms with Gasteiger partial charge in [-0.15, -0.1) is 0 Å². The predicted octanol–water partition coefficient (Wildman–Crippen LogP) is 5.12. The smallest absolute Gasteiger partial charge is 0.315 e. The molecule has 3 rings (SSSR count). The molecule has 2 aliphatic carbocycles. The van der Waals surface area contributed by atoms with E-state index in [2.05, 4.69) is 22.9 Å². The second-order valence-electron chi connectivity index (χ2n) is 13.3. The number of carboxylic acid groups (broad SMARTS) is 1. The molecule has 0 spiro atoms. The predicted molar refractivity (Wildman–Crippen MR) is 150 cm³/mol. The van der Waals surface area contributed by atoms with Crippen LogP contribution in [-0.4, -0.2) is 59.6 Å². The van der Waals surface area contributed by atoms with Crippen LogP contribution < -0.4 is 16.0 Å². The molecule has 0 radical (unpaired) electrons. The summed E-state index contributed by atoms with van der Waals surface area (Å²) in [5, 5.41) is 19.4. The molecule has 3 fully saturated rings. The third kappa shape index (κ3) is 8.81. The van der Waals surface area contributed by atoms with E-state index >= 15 is 0 Å². The summed E-state index contributed by atoms with van der Waals surface area (Å²) in [7, 11) is 0. The number of ether oxygens (including phenoxy) is 2. The Kier molecular flexibility index (Phi) is 11.1. The van der Waals surface area contributed by atoms with E-state index in [9.17, 15) is 19.5 Å². The van der Waals surface area contributed by atoms with Crippen LogP contribution in [0.3, 0.4) is 0 Å². The largest absolute Gasteiger partial charge is 0.481 e. The number of aliphatic carboxylic acids is 1. The number of amides is 3. The number of urea groups is 1. The molecule has 9 nitrogen and oxygen atoms in total. The summed E-state index contributed by atoms with van der Waals surface area (Å²) in [6, 6.07) is -0.421. The fourth-order valence-electron chi connectivity index (χ4n) is 6.70. The van der Waals surface area contributed by atoms with Crippen molar-refractivity contribution in [3.63, 3.8) is 0 Å². The summed E-state index contributed by atoms with van der Waals surface area (Å²) >= 11 is 0. The Bertz CT molecular complexity index is 839. The van der Waals surface area contributed by atoms with Crippen LogP contribution >= 0.6 is 0 Å². The van der Waals surface area contributed by atoms with Gasteiger partial charge in [0.2, 0.25) is 5.91 Å². The van der Waals surface area contributed by atoms with E-state index in [4.69, 9.17) is 9.47 Å². The van der Waals surface area contributed by atoms with Crippen molar-refractivity contribution in [3.05, 3.63) is 0 Å². The first-order valence-electron chi connectivity index (χ1n) is 15.3. The lowest BCUT2D eigenvalue weighted by Gasteiger charge is -2.44. The number of hydrogen-bond acceptors (Lipinski definition) is 5. The van der Waals surface area contributed by atoms with E-state index in [0.29, 0.717) is 13.0 Å². The van der Waals surface area contributed by atoms with Crippen molar-refractivity contribution in [2.45, 2.75) is 142 Å². The highest BCUT2D eigenvalue weighted by Gasteiger charge is 2.46. The molecule has 3 amide bonds. The van der Waals surface area contributed by atoms with Crippen LogP contribution in [0.2, 0.25) is 0 Å². The van der Waals surface area contributed by atoms with Crippen molar-refractivity contribution in [2.75, 3.05) is 13.2 Å². The maximum Gasteiger partial charge on any atom is 0.315 e. The van der Waals surface area contributed by atoms with Gasteiger partial charge in [-0.3, -0.25) is 9.59 Å². The zero-order valence-corrected chi connectivity index (χ0v) is 24.9. The number of carboxylic acids is 1. The Morgan fingerprint density at radius 1 is 0.974 bits per heavy atom. The SMILES string of the molecule is CCCCCCCC1(NC(=O)NC2CCCC2C(CNC(=O)C2OC(C)(C)OCC2(C)C)C(=O)O)CCCC1. The first-order chi connectivity index (χ1) is 18.4. The number of carbonyl (C=O) groups is 3. The second-order valence-corrected chi connectivity index (χ2v) is 13.3. The van der Waals surface area contributed by atoms with Crippen LogP contribution in [0.4, 0.5) is 4.79 Å². The molecule has 0 aromatic rings. The molecule has 1 saturated heterocycles. The molecular weight excluding hydrogens is 498 g/mol. The summed E-state index contributed by atoms with van der Waals surface area (Å²) < 4.78 is 11.6. The van der Waals surface area contributed by atoms with Crippen molar-refractivity contribution >= 4 is 17.9 Å². The Balaban J connectivity index is 1.57. The molecule has 3 aliphatic rings. The Morgan fingerprint density at radius 2 is 1.67 bits per heavy atom. The molecule has 4 N–H and O–H groups in total. The summed E-state index contributed by atoms with van der Waals surface area (Å²) in [6.07, 6.45) is 12.9. The average molecular weight is 552 g/mol. The Hall–Kier alpha value is -1.87. The van der Waals surface area contributed by atoms with Crippen LogP contribution in [0.1, 0.15) is 118 Å². The van der Waals surface area contributed by atoms with Gasteiger partial charge in [0.1, 0.15) is 6.10 Å². The standard InChI is InChI=1S/C30H53N3O6/c1-6-7-8-9-10-16-30(17-11-12-18-30)33-27(37)32-23-15-13-14-21(23)22(26(35)36)19-31-25(34)24-28(2,3)20-38-29(4,5)39-24/h21-24H,6-20H2,1-5H3,(H,31,34)(H,35,36)(H2,32,33,37). The number of rotatable bonds is 13. The number of hydrogen-bond donors (Lipinski definition) is 4. The zero-order valence-electron chi connectivity index (χ0n) is 24.9. The minimum Gasteiger partial charge on any atom is -0.481 e. The maximum atomic E-state index is 13.2. The van der Waals surface area contributed by atoms with E-state index in [0.717, 1.165) is 51.4 Å². The minimum atomic E-state index is -0.957. The topological polar surface area (TPSA) is 126 Å². The molecule has 0 aromatic carbocycles. The number of nitrogens with one attached hydrogen (secondary N) is 3. The average Bonchev–Trinajstić information content (AvgIpc) is 3.50. The van der Waals surface area contributed by atoms with Crippen LogP contribution in [0.5, 0.6) is 0 Å². The lowest BCUT2D eigenvalue weighted by Crippen LogP contribution is -2.57. The molecular formula is C30H53N3O6. The minimum absolute atomic E-state index is 0.00243. The van der Waals surface area contributed by atoms with E-state index in [1.807, 2.05) is 13.8 Å². The van der Waals surface area contributed by atoms with Crippen molar-refractivity contribution < 1.29 is 29.0 Å². The molecule has 4 unspecified atom stereocenters. The lowest BCUT2D eigenvalue weighted by molar-refractivity contribution is -0.304. The number of carbonyl (C=O) groups excluding carboxylic acids is 2. The van der Waals surface area contributed by atoms with Gasteiger partial charge in [-0.05, 0) is 51.9 Å². The molecule has 1 heterocycles. The Labute approximate surface area is 234 Å². The molecule has 9 heteroatoms. The van der Waals surface area contributed by atoms with Crippen molar-refractivity contribution in [1.82, 2.24) is 16.0 Å². The highest BCUT2D eigenvalue weighted by atomic mass is 16.7. The fourth-order valence-corrected chi connectivity index (χ4v) is 6.70. The summed E-state index contributed by atoms with van der Waals surface area (Å²) in [5.41, 5.74) is -0.686. The highest BCUT2D eigenvalue weighted by Crippen LogP contribution is 2.37. The van der Waals surface area contributed by atoms with E-state index in [1.54, 1.807) is 13.8 Å². The van der Waals surface area contributed by atoms with Crippen molar-refractivity contribution in [3.8, 4) is 0 Å². The van der Waals surface area contributed by atoms with Crippen molar-refractivity contribution in [2.24, 2.45) is 17.3 Å². The molecule has 39 heavy (non-hydrogen) atoms. The van der Waals surface area contributed by atoms with Crippen LogP contribution in [-0.2, 0) is 19.1 Å². The van der Waals surface area contributed by atoms with Gasteiger partial charge in [0.15, 0.2) is 5.79 Å². The first-order valence-corrected chi connectivity index (χ1v) is 15.3. The van der Waals surface area contributed by atoms with Crippen LogP contribution in [0, 0.1) is 17.3 Å². The van der Waals surface area contributed by atoms with Gasteiger partial charge in [0.25, 0.3) is 0 Å². The molecule has 0 aromatic heterocycles. The lowest BCUT2D eigenvalue weighted by atomic mass is 9.84. The van der Waals surface area contributed by atoms with Crippen LogP contribution in [0.15, 0.2) is 0 Å².